The third-order valence-electron chi connectivity index (χ3n) is 4.55. The third kappa shape index (κ3) is 3.17. The molecule has 0 saturated carbocycles. The molecule has 1 atom stereocenters. The molecule has 0 aliphatic carbocycles. The van der Waals surface area contributed by atoms with Crippen molar-refractivity contribution in [3.63, 3.8) is 0 Å². The number of amides is 3. The Balaban J connectivity index is 1.72. The highest BCUT2D eigenvalue weighted by molar-refractivity contribution is 6.03. The van der Waals surface area contributed by atoms with Crippen molar-refractivity contribution >= 4 is 29.2 Å². The Morgan fingerprint density at radius 2 is 2.08 bits per heavy atom. The van der Waals surface area contributed by atoms with E-state index in [2.05, 4.69) is 15.6 Å². The van der Waals surface area contributed by atoms with Crippen LogP contribution in [0.4, 0.5) is 11.5 Å². The minimum absolute atomic E-state index is 0.0417. The summed E-state index contributed by atoms with van der Waals surface area (Å²) in [5.41, 5.74) is 0.996. The van der Waals surface area contributed by atoms with E-state index in [4.69, 9.17) is 0 Å². The molecule has 1 aromatic rings. The van der Waals surface area contributed by atoms with Crippen LogP contribution < -0.4 is 15.5 Å². The van der Waals surface area contributed by atoms with Crippen LogP contribution in [0.5, 0.6) is 0 Å². The molecule has 1 fully saturated rings. The highest BCUT2D eigenvalue weighted by atomic mass is 16.2. The summed E-state index contributed by atoms with van der Waals surface area (Å²) in [6.45, 7) is 0.832. The number of aromatic nitrogens is 1. The number of pyridine rings is 1. The van der Waals surface area contributed by atoms with E-state index in [-0.39, 0.29) is 30.3 Å². The first kappa shape index (κ1) is 16.2. The summed E-state index contributed by atoms with van der Waals surface area (Å²) in [5, 5.41) is 5.90. The lowest BCUT2D eigenvalue weighted by atomic mass is 10.1. The second kappa shape index (κ2) is 6.46. The quantitative estimate of drug-likeness (QED) is 0.808. The highest BCUT2D eigenvalue weighted by Gasteiger charge is 2.25. The number of carbonyl (C=O) groups is 3. The van der Waals surface area contributed by atoms with Crippen molar-refractivity contribution in [2.75, 3.05) is 37.4 Å². The van der Waals surface area contributed by atoms with Crippen LogP contribution in [0.1, 0.15) is 29.6 Å². The van der Waals surface area contributed by atoms with Crippen LogP contribution in [0, 0.1) is 0 Å². The summed E-state index contributed by atoms with van der Waals surface area (Å²) in [6.07, 6.45) is 3.29. The van der Waals surface area contributed by atoms with Crippen LogP contribution >= 0.6 is 0 Å². The van der Waals surface area contributed by atoms with Crippen molar-refractivity contribution in [1.82, 2.24) is 15.2 Å². The summed E-state index contributed by atoms with van der Waals surface area (Å²) in [4.78, 5) is 43.4. The molecular formula is C16H21N5O3. The maximum atomic E-state index is 12.5. The predicted octanol–water partition coefficient (Wildman–Crippen LogP) is 0.211. The average molecular weight is 331 g/mol. The molecule has 2 N–H and O–H groups in total. The fourth-order valence-electron chi connectivity index (χ4n) is 2.90. The Kier molecular flexibility index (Phi) is 4.37. The normalized spacial score (nSPS) is 21.0. The SMILES string of the molecule is CN1CCC(NC(=O)c2cnc3c(c2)N(C)C(=O)CN3)CCC1=O. The summed E-state index contributed by atoms with van der Waals surface area (Å²) in [7, 11) is 3.44. The third-order valence-corrected chi connectivity index (χ3v) is 4.55. The molecule has 128 valence electrons. The first-order valence-corrected chi connectivity index (χ1v) is 8.01. The molecule has 1 unspecified atom stereocenters. The van der Waals surface area contributed by atoms with Crippen LogP contribution in [-0.4, -0.2) is 60.8 Å². The summed E-state index contributed by atoms with van der Waals surface area (Å²) >= 11 is 0. The number of anilines is 2. The number of likely N-dealkylation sites (tertiary alicyclic amines) is 1. The van der Waals surface area contributed by atoms with Crippen LogP contribution in [0.25, 0.3) is 0 Å². The minimum atomic E-state index is -0.237. The molecule has 2 aliphatic rings. The van der Waals surface area contributed by atoms with Gasteiger partial charge >= 0.3 is 0 Å². The number of nitrogens with zero attached hydrogens (tertiary/aromatic N) is 3. The molecule has 24 heavy (non-hydrogen) atoms. The molecule has 0 bridgehead atoms. The van der Waals surface area contributed by atoms with Crippen molar-refractivity contribution in [2.24, 2.45) is 0 Å². The van der Waals surface area contributed by atoms with E-state index in [1.54, 1.807) is 25.1 Å². The zero-order chi connectivity index (χ0) is 17.3. The molecule has 1 saturated heterocycles. The van der Waals surface area contributed by atoms with Gasteiger partial charge in [0, 0.05) is 39.3 Å². The summed E-state index contributed by atoms with van der Waals surface area (Å²) < 4.78 is 0. The van der Waals surface area contributed by atoms with E-state index in [0.717, 1.165) is 6.42 Å². The Bertz CT molecular complexity index is 690. The zero-order valence-electron chi connectivity index (χ0n) is 13.8. The molecule has 8 heteroatoms. The lowest BCUT2D eigenvalue weighted by Crippen LogP contribution is -2.38. The molecule has 3 heterocycles. The Morgan fingerprint density at radius 3 is 2.88 bits per heavy atom. The summed E-state index contributed by atoms with van der Waals surface area (Å²) in [6, 6.07) is 1.62. The smallest absolute Gasteiger partial charge is 0.253 e. The van der Waals surface area contributed by atoms with Gasteiger partial charge in [-0.1, -0.05) is 0 Å². The molecule has 0 radical (unpaired) electrons. The van der Waals surface area contributed by atoms with Gasteiger partial charge in [-0.25, -0.2) is 4.98 Å². The van der Waals surface area contributed by atoms with Gasteiger partial charge in [-0.15, -0.1) is 0 Å². The van der Waals surface area contributed by atoms with Crippen molar-refractivity contribution in [1.29, 1.82) is 0 Å². The van der Waals surface area contributed by atoms with Crippen molar-refractivity contribution in [3.05, 3.63) is 17.8 Å². The first-order valence-electron chi connectivity index (χ1n) is 8.01. The minimum Gasteiger partial charge on any atom is -0.359 e. The van der Waals surface area contributed by atoms with Gasteiger partial charge in [0.2, 0.25) is 11.8 Å². The standard InChI is InChI=1S/C16H21N5O3/c1-20-6-5-11(3-4-13(20)22)19-16(24)10-7-12-15(17-8-10)18-9-14(23)21(12)2/h7-8,11H,3-6,9H2,1-2H3,(H,17,18)(H,19,24). The first-order chi connectivity index (χ1) is 11.5. The highest BCUT2D eigenvalue weighted by Crippen LogP contribution is 2.27. The van der Waals surface area contributed by atoms with Crippen molar-refractivity contribution in [3.8, 4) is 0 Å². The monoisotopic (exact) mass is 331 g/mol. The van der Waals surface area contributed by atoms with Crippen LogP contribution in [-0.2, 0) is 9.59 Å². The number of rotatable bonds is 2. The Hall–Kier alpha value is -2.64. The van der Waals surface area contributed by atoms with Gasteiger partial charge in [0.25, 0.3) is 5.91 Å². The van der Waals surface area contributed by atoms with E-state index >= 15 is 0 Å². The topological polar surface area (TPSA) is 94.6 Å². The van der Waals surface area contributed by atoms with E-state index in [1.165, 1.54) is 11.1 Å². The van der Waals surface area contributed by atoms with Gasteiger partial charge < -0.3 is 20.4 Å². The maximum Gasteiger partial charge on any atom is 0.253 e. The molecule has 8 nitrogen and oxygen atoms in total. The molecular weight excluding hydrogens is 310 g/mol. The van der Waals surface area contributed by atoms with E-state index < -0.39 is 0 Å². The van der Waals surface area contributed by atoms with Crippen molar-refractivity contribution < 1.29 is 14.4 Å². The lowest BCUT2D eigenvalue weighted by Gasteiger charge is -2.26. The van der Waals surface area contributed by atoms with Gasteiger partial charge in [-0.2, -0.15) is 0 Å². The van der Waals surface area contributed by atoms with E-state index in [9.17, 15) is 14.4 Å². The Labute approximate surface area is 140 Å². The number of hydrogen-bond donors (Lipinski definition) is 2. The van der Waals surface area contributed by atoms with Gasteiger partial charge in [0.15, 0.2) is 0 Å². The van der Waals surface area contributed by atoms with Crippen molar-refractivity contribution in [2.45, 2.75) is 25.3 Å². The molecule has 3 rings (SSSR count). The van der Waals surface area contributed by atoms with Gasteiger partial charge in [0.1, 0.15) is 5.82 Å². The van der Waals surface area contributed by atoms with E-state index in [1.807, 2.05) is 0 Å². The average Bonchev–Trinajstić information content (AvgIpc) is 2.74. The van der Waals surface area contributed by atoms with Crippen LogP contribution in [0.15, 0.2) is 12.3 Å². The molecule has 0 spiro atoms. The fourth-order valence-corrected chi connectivity index (χ4v) is 2.90. The van der Waals surface area contributed by atoms with Gasteiger partial charge in [-0.05, 0) is 18.9 Å². The summed E-state index contributed by atoms with van der Waals surface area (Å²) in [5.74, 6) is 0.384. The van der Waals surface area contributed by atoms with Crippen LogP contribution in [0.3, 0.4) is 0 Å². The van der Waals surface area contributed by atoms with E-state index in [0.29, 0.717) is 36.5 Å². The van der Waals surface area contributed by atoms with Crippen LogP contribution in [0.2, 0.25) is 0 Å². The maximum absolute atomic E-state index is 12.5. The van der Waals surface area contributed by atoms with Gasteiger partial charge in [-0.3, -0.25) is 14.4 Å². The second-order valence-electron chi connectivity index (χ2n) is 6.21. The lowest BCUT2D eigenvalue weighted by molar-refractivity contribution is -0.129. The number of hydrogen-bond acceptors (Lipinski definition) is 5. The number of carbonyl (C=O) groups excluding carboxylic acids is 3. The molecule has 2 aliphatic heterocycles. The second-order valence-corrected chi connectivity index (χ2v) is 6.21. The predicted molar refractivity (Wildman–Crippen MR) is 88.9 cm³/mol. The van der Waals surface area contributed by atoms with Gasteiger partial charge in [0.05, 0.1) is 17.8 Å². The number of fused-ring (bicyclic) bond motifs is 1. The zero-order valence-corrected chi connectivity index (χ0v) is 13.8. The number of nitrogens with one attached hydrogen (secondary N) is 2. The Morgan fingerprint density at radius 1 is 1.29 bits per heavy atom. The molecule has 3 amide bonds. The largest absolute Gasteiger partial charge is 0.359 e. The number of likely N-dealkylation sites (N-methyl/N-ethyl adjacent to an activating group) is 1. The molecule has 1 aromatic heterocycles. The fraction of sp³-hybridized carbons (Fsp3) is 0.500. The molecule has 0 aromatic carbocycles.